The Morgan fingerprint density at radius 3 is 2.43 bits per heavy atom. The highest BCUT2D eigenvalue weighted by atomic mass is 127. The van der Waals surface area contributed by atoms with Gasteiger partial charge in [-0.25, -0.2) is 4.79 Å². The van der Waals surface area contributed by atoms with Gasteiger partial charge in [0.1, 0.15) is 6.61 Å². The van der Waals surface area contributed by atoms with Gasteiger partial charge in [0.2, 0.25) is 0 Å². The molecule has 1 aromatic rings. The second-order valence-electron chi connectivity index (χ2n) is 2.45. The summed E-state index contributed by atoms with van der Waals surface area (Å²) in [4.78, 5) is 20.3. The Kier molecular flexibility index (Phi) is 3.81. The van der Waals surface area contributed by atoms with E-state index in [1.54, 1.807) is 12.1 Å². The largest absolute Gasteiger partial charge is 0.453 e. The Bertz CT molecular complexity index is 349. The van der Waals surface area contributed by atoms with Crippen LogP contribution in [0.3, 0.4) is 0 Å². The van der Waals surface area contributed by atoms with E-state index in [0.29, 0.717) is 0 Å². The molecule has 74 valence electrons. The van der Waals surface area contributed by atoms with E-state index >= 15 is 0 Å². The van der Waals surface area contributed by atoms with Crippen LogP contribution in [0.1, 0.15) is 5.56 Å². The minimum atomic E-state index is -0.478. The molecule has 0 aliphatic rings. The van der Waals surface area contributed by atoms with Gasteiger partial charge in [0, 0.05) is 12.1 Å². The molecular weight excluding hydrogens is 301 g/mol. The molecular formula is C8H6INO4. The van der Waals surface area contributed by atoms with Gasteiger partial charge in [-0.15, -0.1) is 0 Å². The lowest BCUT2D eigenvalue weighted by molar-refractivity contribution is -0.384. The number of carbonyl (C=O) groups excluding carboxylic acids is 1. The predicted octanol–water partition coefficient (Wildman–Crippen LogP) is 2.67. The summed E-state index contributed by atoms with van der Waals surface area (Å²) in [5.41, 5.74) is 0.746. The van der Waals surface area contributed by atoms with Crippen molar-refractivity contribution in [1.29, 1.82) is 0 Å². The first-order valence-electron chi connectivity index (χ1n) is 3.65. The molecule has 1 rings (SSSR count). The molecule has 0 aromatic heterocycles. The van der Waals surface area contributed by atoms with Gasteiger partial charge in [-0.05, 0) is 17.7 Å². The van der Waals surface area contributed by atoms with E-state index in [9.17, 15) is 14.9 Å². The fourth-order valence-corrected chi connectivity index (χ4v) is 1.01. The highest BCUT2D eigenvalue weighted by molar-refractivity contribution is 14.1. The van der Waals surface area contributed by atoms with Crippen LogP contribution >= 0.6 is 22.6 Å². The van der Waals surface area contributed by atoms with Crippen LogP contribution in [0.25, 0.3) is 0 Å². The van der Waals surface area contributed by atoms with Crippen LogP contribution in [0, 0.1) is 10.1 Å². The number of benzene rings is 1. The summed E-state index contributed by atoms with van der Waals surface area (Å²) in [7, 11) is 0. The van der Waals surface area contributed by atoms with Gasteiger partial charge in [0.05, 0.1) is 27.5 Å². The highest BCUT2D eigenvalue weighted by Gasteiger charge is 2.04. The van der Waals surface area contributed by atoms with Crippen molar-refractivity contribution in [2.45, 2.75) is 6.61 Å². The monoisotopic (exact) mass is 307 g/mol. The number of nitrogens with zero attached hydrogens (tertiary/aromatic N) is 1. The molecule has 0 aliphatic heterocycles. The molecule has 14 heavy (non-hydrogen) atoms. The van der Waals surface area contributed by atoms with Gasteiger partial charge in [0.25, 0.3) is 5.69 Å². The number of hydrogen-bond donors (Lipinski definition) is 0. The van der Waals surface area contributed by atoms with Gasteiger partial charge >= 0.3 is 3.98 Å². The lowest BCUT2D eigenvalue weighted by Gasteiger charge is -1.99. The molecule has 5 nitrogen and oxygen atoms in total. The molecule has 0 radical (unpaired) electrons. The third-order valence-corrected chi connectivity index (χ3v) is 1.81. The van der Waals surface area contributed by atoms with Crippen molar-refractivity contribution < 1.29 is 14.5 Å². The van der Waals surface area contributed by atoms with E-state index in [0.717, 1.165) is 5.56 Å². The standard InChI is InChI=1S/C8H6INO4/c9-8(11)14-5-6-1-3-7(4-2-6)10(12)13/h1-4H,5H2. The third kappa shape index (κ3) is 3.29. The smallest absolute Gasteiger partial charge is 0.367 e. The number of hydrogen-bond acceptors (Lipinski definition) is 4. The number of carbonyl (C=O) groups is 1. The van der Waals surface area contributed by atoms with E-state index in [-0.39, 0.29) is 12.3 Å². The molecule has 6 heteroatoms. The molecule has 0 atom stereocenters. The first-order chi connectivity index (χ1) is 6.59. The van der Waals surface area contributed by atoms with Crippen molar-refractivity contribution in [3.05, 3.63) is 39.9 Å². The topological polar surface area (TPSA) is 69.4 Å². The molecule has 0 saturated carbocycles. The normalized spacial score (nSPS) is 9.50. The van der Waals surface area contributed by atoms with Gasteiger partial charge in [-0.2, -0.15) is 0 Å². The third-order valence-electron chi connectivity index (χ3n) is 1.50. The van der Waals surface area contributed by atoms with Gasteiger partial charge in [-0.1, -0.05) is 0 Å². The SMILES string of the molecule is O=C(I)OCc1ccc([N+](=O)[O-])cc1. The van der Waals surface area contributed by atoms with Crippen LogP contribution in [0.4, 0.5) is 10.5 Å². The van der Waals surface area contributed by atoms with E-state index in [1.807, 2.05) is 0 Å². The summed E-state index contributed by atoms with van der Waals surface area (Å²) in [6.07, 6.45) is 0. The highest BCUT2D eigenvalue weighted by Crippen LogP contribution is 2.12. The maximum Gasteiger partial charge on any atom is 0.367 e. The zero-order chi connectivity index (χ0) is 10.6. The Morgan fingerprint density at radius 1 is 1.43 bits per heavy atom. The second kappa shape index (κ2) is 4.89. The van der Waals surface area contributed by atoms with Crippen LogP contribution in [-0.4, -0.2) is 8.90 Å². The average Bonchev–Trinajstić information content (AvgIpc) is 2.15. The van der Waals surface area contributed by atoms with Crippen LogP contribution in [0.2, 0.25) is 0 Å². The molecule has 0 amide bonds. The Balaban J connectivity index is 2.64. The molecule has 0 spiro atoms. The summed E-state index contributed by atoms with van der Waals surface area (Å²) in [6.45, 7) is 0.139. The zero-order valence-corrected chi connectivity index (χ0v) is 9.13. The second-order valence-corrected chi connectivity index (χ2v) is 3.33. The summed E-state index contributed by atoms with van der Waals surface area (Å²) >= 11 is 1.52. The molecule has 1 aromatic carbocycles. The minimum Gasteiger partial charge on any atom is -0.453 e. The first-order valence-corrected chi connectivity index (χ1v) is 4.73. The summed E-state index contributed by atoms with van der Waals surface area (Å²) < 4.78 is 4.30. The van der Waals surface area contributed by atoms with E-state index in [1.165, 1.54) is 34.7 Å². The maximum atomic E-state index is 10.4. The van der Waals surface area contributed by atoms with E-state index in [4.69, 9.17) is 4.74 Å². The number of nitro benzene ring substituents is 1. The minimum absolute atomic E-state index is 0.0227. The number of halogens is 1. The predicted molar refractivity (Wildman–Crippen MR) is 57.3 cm³/mol. The first kappa shape index (κ1) is 10.9. The van der Waals surface area contributed by atoms with Crippen LogP contribution in [-0.2, 0) is 11.3 Å². The number of nitro groups is 1. The van der Waals surface area contributed by atoms with Gasteiger partial charge in [0.15, 0.2) is 0 Å². The Labute approximate surface area is 93.4 Å². The van der Waals surface area contributed by atoms with Crippen molar-refractivity contribution in [3.8, 4) is 0 Å². The average molecular weight is 307 g/mol. The molecule has 0 bridgehead atoms. The van der Waals surface area contributed by atoms with E-state index in [2.05, 4.69) is 0 Å². The van der Waals surface area contributed by atoms with Crippen molar-refractivity contribution in [1.82, 2.24) is 0 Å². The molecule has 0 heterocycles. The van der Waals surface area contributed by atoms with Gasteiger partial charge in [-0.3, -0.25) is 10.1 Å². The Morgan fingerprint density at radius 2 is 2.00 bits per heavy atom. The quantitative estimate of drug-likeness (QED) is 0.372. The Hall–Kier alpha value is -1.18. The summed E-state index contributed by atoms with van der Waals surface area (Å²) in [6, 6.07) is 5.85. The lowest BCUT2D eigenvalue weighted by atomic mass is 10.2. The summed E-state index contributed by atoms with van der Waals surface area (Å²) in [5, 5.41) is 10.3. The van der Waals surface area contributed by atoms with Crippen molar-refractivity contribution >= 4 is 32.3 Å². The molecule has 0 fully saturated rings. The van der Waals surface area contributed by atoms with Crippen molar-refractivity contribution in [2.24, 2.45) is 0 Å². The number of ether oxygens (including phenoxy) is 1. The van der Waals surface area contributed by atoms with Gasteiger partial charge < -0.3 is 4.74 Å². The van der Waals surface area contributed by atoms with E-state index < -0.39 is 8.90 Å². The number of non-ortho nitro benzene ring substituents is 1. The molecule has 0 unspecified atom stereocenters. The van der Waals surface area contributed by atoms with Crippen LogP contribution in [0.15, 0.2) is 24.3 Å². The zero-order valence-electron chi connectivity index (χ0n) is 6.97. The van der Waals surface area contributed by atoms with Crippen LogP contribution in [0.5, 0.6) is 0 Å². The van der Waals surface area contributed by atoms with Crippen molar-refractivity contribution in [2.75, 3.05) is 0 Å². The van der Waals surface area contributed by atoms with Crippen LogP contribution < -0.4 is 0 Å². The van der Waals surface area contributed by atoms with Crippen molar-refractivity contribution in [3.63, 3.8) is 0 Å². The maximum absolute atomic E-state index is 10.4. The fourth-order valence-electron chi connectivity index (χ4n) is 0.854. The number of rotatable bonds is 3. The summed E-state index contributed by atoms with van der Waals surface area (Å²) in [5.74, 6) is 0. The fraction of sp³-hybridized carbons (Fsp3) is 0.125. The lowest BCUT2D eigenvalue weighted by Crippen LogP contribution is -1.94. The molecule has 0 N–H and O–H groups in total. The molecule has 0 saturated heterocycles. The molecule has 0 aliphatic carbocycles.